The van der Waals surface area contributed by atoms with Crippen LogP contribution in [0, 0.1) is 0 Å². The van der Waals surface area contributed by atoms with E-state index in [4.69, 9.17) is 14.2 Å². The molecule has 1 aromatic carbocycles. The van der Waals surface area contributed by atoms with Crippen molar-refractivity contribution in [3.63, 3.8) is 0 Å². The first kappa shape index (κ1) is 21.2. The molecule has 29 heavy (non-hydrogen) atoms. The molecule has 3 amide bonds. The fourth-order valence-electron chi connectivity index (χ4n) is 3.55. The molecule has 160 valence electrons. The predicted octanol–water partition coefficient (Wildman–Crippen LogP) is 0.784. The molecule has 2 aliphatic heterocycles. The van der Waals surface area contributed by atoms with Crippen LogP contribution in [0.15, 0.2) is 18.2 Å². The molecule has 0 saturated carbocycles. The number of urea groups is 1. The third kappa shape index (κ3) is 5.51. The first-order valence-electron chi connectivity index (χ1n) is 9.97. The van der Waals surface area contributed by atoms with Gasteiger partial charge in [0.15, 0.2) is 11.5 Å². The van der Waals surface area contributed by atoms with E-state index in [0.717, 1.165) is 45.0 Å². The van der Waals surface area contributed by atoms with Gasteiger partial charge in [0.25, 0.3) is 0 Å². The molecule has 2 heterocycles. The standard InChI is InChI=1S/C20H30N4O5/c1-27-17-5-4-16(14-18(17)28-2)24-9-8-23(20(24)26)15-19(25)21-6-3-7-22-10-12-29-13-11-22/h4-5,14H,3,6-13,15H2,1-2H3,(H,21,25). The normalized spacial score (nSPS) is 17.5. The van der Waals surface area contributed by atoms with Crippen LogP contribution >= 0.6 is 0 Å². The van der Waals surface area contributed by atoms with E-state index in [-0.39, 0.29) is 18.5 Å². The van der Waals surface area contributed by atoms with Crippen LogP contribution in [0.5, 0.6) is 11.5 Å². The van der Waals surface area contributed by atoms with Gasteiger partial charge in [0, 0.05) is 44.5 Å². The minimum atomic E-state index is -0.180. The number of hydrogen-bond acceptors (Lipinski definition) is 6. The van der Waals surface area contributed by atoms with Crippen LogP contribution < -0.4 is 19.7 Å². The van der Waals surface area contributed by atoms with Gasteiger partial charge in [-0.1, -0.05) is 0 Å². The van der Waals surface area contributed by atoms with Crippen molar-refractivity contribution in [3.05, 3.63) is 18.2 Å². The molecule has 0 aromatic heterocycles. The molecule has 3 rings (SSSR count). The van der Waals surface area contributed by atoms with Crippen LogP contribution in [0.2, 0.25) is 0 Å². The number of nitrogens with zero attached hydrogens (tertiary/aromatic N) is 3. The smallest absolute Gasteiger partial charge is 0.325 e. The van der Waals surface area contributed by atoms with Crippen molar-refractivity contribution in [3.8, 4) is 11.5 Å². The van der Waals surface area contributed by atoms with Crippen molar-refractivity contribution in [2.24, 2.45) is 0 Å². The van der Waals surface area contributed by atoms with Gasteiger partial charge in [-0.25, -0.2) is 4.79 Å². The van der Waals surface area contributed by atoms with Gasteiger partial charge >= 0.3 is 6.03 Å². The highest BCUT2D eigenvalue weighted by Crippen LogP contribution is 2.32. The van der Waals surface area contributed by atoms with Gasteiger partial charge in [-0.15, -0.1) is 0 Å². The number of rotatable bonds is 9. The molecule has 0 atom stereocenters. The summed E-state index contributed by atoms with van der Waals surface area (Å²) in [6.45, 7) is 6.11. The molecule has 1 aromatic rings. The number of amides is 3. The molecule has 0 spiro atoms. The topological polar surface area (TPSA) is 83.6 Å². The van der Waals surface area contributed by atoms with Crippen LogP contribution in [-0.2, 0) is 9.53 Å². The van der Waals surface area contributed by atoms with Crippen LogP contribution in [-0.4, -0.2) is 95.0 Å². The predicted molar refractivity (Wildman–Crippen MR) is 109 cm³/mol. The Kier molecular flexibility index (Phi) is 7.54. The Balaban J connectivity index is 1.44. The minimum Gasteiger partial charge on any atom is -0.493 e. The Hall–Kier alpha value is -2.52. The lowest BCUT2D eigenvalue weighted by Gasteiger charge is -2.26. The molecule has 0 radical (unpaired) electrons. The van der Waals surface area contributed by atoms with Crippen LogP contribution in [0.1, 0.15) is 6.42 Å². The van der Waals surface area contributed by atoms with E-state index in [1.54, 1.807) is 36.2 Å². The summed E-state index contributed by atoms with van der Waals surface area (Å²) >= 11 is 0. The van der Waals surface area contributed by atoms with Crippen LogP contribution in [0.3, 0.4) is 0 Å². The van der Waals surface area contributed by atoms with Crippen LogP contribution in [0.25, 0.3) is 0 Å². The molecule has 0 unspecified atom stereocenters. The summed E-state index contributed by atoms with van der Waals surface area (Å²) in [5, 5.41) is 2.91. The van der Waals surface area contributed by atoms with E-state index < -0.39 is 0 Å². The van der Waals surface area contributed by atoms with E-state index in [1.807, 2.05) is 6.07 Å². The zero-order valence-corrected chi connectivity index (χ0v) is 17.2. The molecule has 2 saturated heterocycles. The Morgan fingerprint density at radius 1 is 1.10 bits per heavy atom. The van der Waals surface area contributed by atoms with Gasteiger partial charge in [-0.3, -0.25) is 14.6 Å². The van der Waals surface area contributed by atoms with Gasteiger partial charge in [0.05, 0.1) is 27.4 Å². The molecule has 9 heteroatoms. The van der Waals surface area contributed by atoms with E-state index in [2.05, 4.69) is 10.2 Å². The second kappa shape index (κ2) is 10.3. The SMILES string of the molecule is COc1ccc(N2CCN(CC(=O)NCCCN3CCOCC3)C2=O)cc1OC. The van der Waals surface area contributed by atoms with Gasteiger partial charge in [-0.2, -0.15) is 0 Å². The molecule has 0 aliphatic carbocycles. The van der Waals surface area contributed by atoms with Gasteiger partial charge < -0.3 is 24.4 Å². The fourth-order valence-corrected chi connectivity index (χ4v) is 3.55. The van der Waals surface area contributed by atoms with Gasteiger partial charge in [0.2, 0.25) is 5.91 Å². The monoisotopic (exact) mass is 406 g/mol. The van der Waals surface area contributed by atoms with Crippen LogP contribution in [0.4, 0.5) is 10.5 Å². The maximum absolute atomic E-state index is 12.7. The molecular weight excluding hydrogens is 376 g/mol. The second-order valence-electron chi connectivity index (χ2n) is 7.05. The number of nitrogens with one attached hydrogen (secondary N) is 1. The lowest BCUT2D eigenvalue weighted by Crippen LogP contribution is -2.41. The van der Waals surface area contributed by atoms with Crippen molar-refractivity contribution in [2.45, 2.75) is 6.42 Å². The summed E-state index contributed by atoms with van der Waals surface area (Å²) in [4.78, 5) is 30.5. The fraction of sp³-hybridized carbons (Fsp3) is 0.600. The van der Waals surface area contributed by atoms with Crippen molar-refractivity contribution in [1.82, 2.24) is 15.1 Å². The quantitative estimate of drug-likeness (QED) is 0.611. The Bertz CT molecular complexity index is 708. The Labute approximate surface area is 171 Å². The van der Waals surface area contributed by atoms with Crippen molar-refractivity contribution in [1.29, 1.82) is 0 Å². The number of morpholine rings is 1. The Morgan fingerprint density at radius 2 is 1.86 bits per heavy atom. The highest BCUT2D eigenvalue weighted by atomic mass is 16.5. The van der Waals surface area contributed by atoms with E-state index in [1.165, 1.54) is 0 Å². The van der Waals surface area contributed by atoms with Gasteiger partial charge in [-0.05, 0) is 25.1 Å². The summed E-state index contributed by atoms with van der Waals surface area (Å²) in [5.74, 6) is 1.04. The lowest BCUT2D eigenvalue weighted by molar-refractivity contribution is -0.121. The van der Waals surface area contributed by atoms with E-state index in [0.29, 0.717) is 31.1 Å². The average Bonchev–Trinajstić information content (AvgIpc) is 3.11. The minimum absolute atomic E-state index is 0.0696. The lowest BCUT2D eigenvalue weighted by atomic mass is 10.2. The second-order valence-corrected chi connectivity index (χ2v) is 7.05. The molecular formula is C20H30N4O5. The number of hydrogen-bond donors (Lipinski definition) is 1. The highest BCUT2D eigenvalue weighted by molar-refractivity contribution is 5.96. The average molecular weight is 406 g/mol. The number of methoxy groups -OCH3 is 2. The summed E-state index contributed by atoms with van der Waals surface area (Å²) in [5.41, 5.74) is 0.723. The highest BCUT2D eigenvalue weighted by Gasteiger charge is 2.31. The molecule has 9 nitrogen and oxygen atoms in total. The first-order chi connectivity index (χ1) is 14.1. The number of ether oxygens (including phenoxy) is 3. The molecule has 1 N–H and O–H groups in total. The first-order valence-corrected chi connectivity index (χ1v) is 9.97. The number of carbonyl (C=O) groups excluding carboxylic acids is 2. The number of carbonyl (C=O) groups is 2. The van der Waals surface area contributed by atoms with Crippen molar-refractivity contribution >= 4 is 17.6 Å². The zero-order chi connectivity index (χ0) is 20.6. The summed E-state index contributed by atoms with van der Waals surface area (Å²) < 4.78 is 15.9. The van der Waals surface area contributed by atoms with Gasteiger partial charge in [0.1, 0.15) is 6.54 Å². The summed E-state index contributed by atoms with van der Waals surface area (Å²) in [6, 6.07) is 5.17. The molecule has 2 aliphatic rings. The number of benzene rings is 1. The number of anilines is 1. The maximum Gasteiger partial charge on any atom is 0.325 e. The van der Waals surface area contributed by atoms with Crippen molar-refractivity contribution in [2.75, 3.05) is 78.1 Å². The zero-order valence-electron chi connectivity index (χ0n) is 17.2. The maximum atomic E-state index is 12.7. The third-order valence-electron chi connectivity index (χ3n) is 5.19. The van der Waals surface area contributed by atoms with E-state index in [9.17, 15) is 9.59 Å². The third-order valence-corrected chi connectivity index (χ3v) is 5.19. The van der Waals surface area contributed by atoms with Crippen molar-refractivity contribution < 1.29 is 23.8 Å². The van der Waals surface area contributed by atoms with E-state index >= 15 is 0 Å². The largest absolute Gasteiger partial charge is 0.493 e. The summed E-state index contributed by atoms with van der Waals surface area (Å²) in [6.07, 6.45) is 0.886. The molecule has 2 fully saturated rings. The Morgan fingerprint density at radius 3 is 2.59 bits per heavy atom. The summed E-state index contributed by atoms with van der Waals surface area (Å²) in [7, 11) is 3.13. The molecule has 0 bridgehead atoms.